The lowest BCUT2D eigenvalue weighted by Gasteiger charge is -2.05. The summed E-state index contributed by atoms with van der Waals surface area (Å²) < 4.78 is 1.13. The van der Waals surface area contributed by atoms with Crippen molar-refractivity contribution >= 4 is 32.7 Å². The van der Waals surface area contributed by atoms with Crippen molar-refractivity contribution in [1.29, 1.82) is 0 Å². The van der Waals surface area contributed by atoms with Crippen LogP contribution in [0, 0.1) is 0 Å². The lowest BCUT2D eigenvalue weighted by Crippen LogP contribution is -1.99. The van der Waals surface area contributed by atoms with Gasteiger partial charge in [0.1, 0.15) is 5.82 Å². The third-order valence-corrected chi connectivity index (χ3v) is 3.73. The largest absolute Gasteiger partial charge is 0.367 e. The van der Waals surface area contributed by atoms with Gasteiger partial charge in [0.2, 0.25) is 0 Å². The second kappa shape index (κ2) is 4.86. The highest BCUT2D eigenvalue weighted by molar-refractivity contribution is 9.10. The molecule has 0 unspecified atom stereocenters. The number of aromatic amines is 1. The first-order chi connectivity index (χ1) is 8.83. The Labute approximate surface area is 114 Å². The summed E-state index contributed by atoms with van der Waals surface area (Å²) in [4.78, 5) is 3.36. The zero-order valence-corrected chi connectivity index (χ0v) is 11.4. The second-order valence-corrected chi connectivity index (χ2v) is 5.07. The normalized spacial score (nSPS) is 10.7. The molecule has 2 aromatic carbocycles. The third-order valence-electron chi connectivity index (χ3n) is 2.96. The summed E-state index contributed by atoms with van der Waals surface area (Å²) in [7, 11) is 0. The van der Waals surface area contributed by atoms with Crippen LogP contribution in [0.4, 0.5) is 5.82 Å². The Bertz CT molecular complexity index is 640. The van der Waals surface area contributed by atoms with Crippen LogP contribution >= 0.6 is 15.9 Å². The van der Waals surface area contributed by atoms with Gasteiger partial charge in [-0.2, -0.15) is 0 Å². The Hall–Kier alpha value is -1.74. The number of benzene rings is 2. The van der Waals surface area contributed by atoms with Crippen LogP contribution in [-0.4, -0.2) is 4.98 Å². The molecule has 2 nitrogen and oxygen atoms in total. The van der Waals surface area contributed by atoms with E-state index in [4.69, 9.17) is 0 Å². The molecule has 1 heterocycles. The van der Waals surface area contributed by atoms with Gasteiger partial charge in [-0.3, -0.25) is 0 Å². The van der Waals surface area contributed by atoms with Crippen molar-refractivity contribution in [1.82, 2.24) is 4.98 Å². The van der Waals surface area contributed by atoms with Gasteiger partial charge in [-0.25, -0.2) is 0 Å². The SMILES string of the molecule is Brc1ccccc1CNc1cc2ccccc2[nH]1. The van der Waals surface area contributed by atoms with E-state index in [1.165, 1.54) is 10.9 Å². The zero-order chi connectivity index (χ0) is 12.4. The predicted octanol–water partition coefficient (Wildman–Crippen LogP) is 4.54. The van der Waals surface area contributed by atoms with Gasteiger partial charge in [0.25, 0.3) is 0 Å². The molecule has 3 rings (SSSR count). The van der Waals surface area contributed by atoms with E-state index in [9.17, 15) is 0 Å². The van der Waals surface area contributed by atoms with Gasteiger partial charge in [0, 0.05) is 21.9 Å². The molecular weight excluding hydrogens is 288 g/mol. The standard InChI is InChI=1S/C15H13BrN2/c16-13-7-3-1-6-12(13)10-17-15-9-11-5-2-4-8-14(11)18-15/h1-9,17-18H,10H2. The van der Waals surface area contributed by atoms with Crippen molar-refractivity contribution in [3.63, 3.8) is 0 Å². The van der Waals surface area contributed by atoms with Crippen LogP contribution in [0.15, 0.2) is 59.1 Å². The first kappa shape index (κ1) is 11.4. The van der Waals surface area contributed by atoms with E-state index in [0.29, 0.717) is 0 Å². The summed E-state index contributed by atoms with van der Waals surface area (Å²) in [5.41, 5.74) is 2.41. The highest BCUT2D eigenvalue weighted by atomic mass is 79.9. The summed E-state index contributed by atoms with van der Waals surface area (Å²) in [6, 6.07) is 18.6. The van der Waals surface area contributed by atoms with Gasteiger partial charge in [-0.1, -0.05) is 52.3 Å². The molecule has 18 heavy (non-hydrogen) atoms. The molecule has 2 N–H and O–H groups in total. The van der Waals surface area contributed by atoms with Crippen molar-refractivity contribution in [2.75, 3.05) is 5.32 Å². The molecule has 0 radical (unpaired) electrons. The van der Waals surface area contributed by atoms with Gasteiger partial charge in [-0.15, -0.1) is 0 Å². The quantitative estimate of drug-likeness (QED) is 0.730. The van der Waals surface area contributed by atoms with Crippen molar-refractivity contribution in [3.8, 4) is 0 Å². The highest BCUT2D eigenvalue weighted by Crippen LogP contribution is 2.20. The average molecular weight is 301 g/mol. The monoisotopic (exact) mass is 300 g/mol. The smallest absolute Gasteiger partial charge is 0.104 e. The van der Waals surface area contributed by atoms with Crippen LogP contribution in [-0.2, 0) is 6.54 Å². The molecule has 3 heteroatoms. The minimum Gasteiger partial charge on any atom is -0.367 e. The number of rotatable bonds is 3. The van der Waals surface area contributed by atoms with E-state index < -0.39 is 0 Å². The van der Waals surface area contributed by atoms with Gasteiger partial charge in [-0.05, 0) is 23.8 Å². The lowest BCUT2D eigenvalue weighted by molar-refractivity contribution is 1.12. The molecule has 3 aromatic rings. The number of halogens is 1. The fraction of sp³-hybridized carbons (Fsp3) is 0.0667. The van der Waals surface area contributed by atoms with Crippen molar-refractivity contribution in [3.05, 3.63) is 64.6 Å². The molecule has 0 saturated carbocycles. The number of H-pyrrole nitrogens is 1. The number of aromatic nitrogens is 1. The first-order valence-corrected chi connectivity index (χ1v) is 6.67. The molecule has 90 valence electrons. The van der Waals surface area contributed by atoms with E-state index in [2.05, 4.69) is 56.6 Å². The summed E-state index contributed by atoms with van der Waals surface area (Å²) in [5, 5.41) is 4.63. The number of nitrogens with one attached hydrogen (secondary N) is 2. The minimum atomic E-state index is 0.800. The number of para-hydroxylation sites is 1. The molecule has 0 fully saturated rings. The summed E-state index contributed by atoms with van der Waals surface area (Å²) in [6.07, 6.45) is 0. The second-order valence-electron chi connectivity index (χ2n) is 4.22. The molecule has 0 aliphatic carbocycles. The molecule has 0 aliphatic heterocycles. The van der Waals surface area contributed by atoms with Crippen molar-refractivity contribution in [2.24, 2.45) is 0 Å². The molecule has 1 aromatic heterocycles. The maximum absolute atomic E-state index is 3.55. The number of anilines is 1. The first-order valence-electron chi connectivity index (χ1n) is 5.88. The Morgan fingerprint density at radius 1 is 1.00 bits per heavy atom. The number of fused-ring (bicyclic) bond motifs is 1. The molecule has 0 bridgehead atoms. The van der Waals surface area contributed by atoms with E-state index >= 15 is 0 Å². The maximum Gasteiger partial charge on any atom is 0.104 e. The minimum absolute atomic E-state index is 0.800. The van der Waals surface area contributed by atoms with Gasteiger partial charge in [0.15, 0.2) is 0 Å². The highest BCUT2D eigenvalue weighted by Gasteiger charge is 2.01. The van der Waals surface area contributed by atoms with Crippen LogP contribution < -0.4 is 5.32 Å². The number of hydrogen-bond donors (Lipinski definition) is 2. The van der Waals surface area contributed by atoms with Crippen LogP contribution in [0.1, 0.15) is 5.56 Å². The van der Waals surface area contributed by atoms with Gasteiger partial charge < -0.3 is 10.3 Å². The van der Waals surface area contributed by atoms with E-state index in [1.807, 2.05) is 24.3 Å². The fourth-order valence-electron chi connectivity index (χ4n) is 2.00. The molecule has 0 atom stereocenters. The Morgan fingerprint density at radius 2 is 1.78 bits per heavy atom. The maximum atomic E-state index is 3.55. The van der Waals surface area contributed by atoms with Crippen molar-refractivity contribution in [2.45, 2.75) is 6.54 Å². The summed E-state index contributed by atoms with van der Waals surface area (Å²) >= 11 is 3.55. The van der Waals surface area contributed by atoms with Gasteiger partial charge >= 0.3 is 0 Å². The molecule has 0 saturated heterocycles. The van der Waals surface area contributed by atoms with E-state index in [0.717, 1.165) is 22.4 Å². The molecule has 0 spiro atoms. The Kier molecular flexibility index (Phi) is 3.07. The Morgan fingerprint density at radius 3 is 2.61 bits per heavy atom. The van der Waals surface area contributed by atoms with Crippen LogP contribution in [0.2, 0.25) is 0 Å². The van der Waals surface area contributed by atoms with Crippen molar-refractivity contribution < 1.29 is 0 Å². The number of hydrogen-bond acceptors (Lipinski definition) is 1. The Balaban J connectivity index is 1.79. The topological polar surface area (TPSA) is 27.8 Å². The zero-order valence-electron chi connectivity index (χ0n) is 9.78. The summed E-state index contributed by atoms with van der Waals surface area (Å²) in [5.74, 6) is 1.05. The van der Waals surface area contributed by atoms with E-state index in [1.54, 1.807) is 0 Å². The molecular formula is C15H13BrN2. The van der Waals surface area contributed by atoms with Crippen LogP contribution in [0.5, 0.6) is 0 Å². The average Bonchev–Trinajstić information content (AvgIpc) is 2.80. The molecule has 0 aliphatic rings. The van der Waals surface area contributed by atoms with Crippen LogP contribution in [0.3, 0.4) is 0 Å². The fourth-order valence-corrected chi connectivity index (χ4v) is 2.43. The summed E-state index contributed by atoms with van der Waals surface area (Å²) in [6.45, 7) is 0.800. The predicted molar refractivity (Wildman–Crippen MR) is 79.8 cm³/mol. The van der Waals surface area contributed by atoms with E-state index in [-0.39, 0.29) is 0 Å². The lowest BCUT2D eigenvalue weighted by atomic mass is 10.2. The van der Waals surface area contributed by atoms with Crippen LogP contribution in [0.25, 0.3) is 10.9 Å². The van der Waals surface area contributed by atoms with Gasteiger partial charge in [0.05, 0.1) is 0 Å². The molecule has 0 amide bonds. The third kappa shape index (κ3) is 2.27.